The number of rotatable bonds is 3. The van der Waals surface area contributed by atoms with Crippen LogP contribution in [-0.2, 0) is 0 Å². The molecule has 1 aromatic carbocycles. The lowest BCUT2D eigenvalue weighted by Gasteiger charge is -2.48. The average molecular weight is 313 g/mol. The summed E-state index contributed by atoms with van der Waals surface area (Å²) in [5.74, 6) is 1.91. The molecule has 1 nitrogen and oxygen atoms in total. The molecule has 2 aliphatic heterocycles. The summed E-state index contributed by atoms with van der Waals surface area (Å²) >= 11 is 0. The van der Waals surface area contributed by atoms with Gasteiger partial charge in [-0.2, -0.15) is 4.58 Å². The zero-order valence-corrected chi connectivity index (χ0v) is 16.1. The van der Waals surface area contributed by atoms with Crippen LogP contribution in [0.4, 0.5) is 5.69 Å². The SMILES string of the molecule is CC(C)c1cccc(C(C)C)c1[N+]1=CC2(C)CCC1(C)C[C@@H]2C. The number of hydrogen-bond donors (Lipinski definition) is 0. The van der Waals surface area contributed by atoms with Crippen LogP contribution in [-0.4, -0.2) is 16.3 Å². The van der Waals surface area contributed by atoms with Crippen LogP contribution >= 0.6 is 0 Å². The van der Waals surface area contributed by atoms with Crippen molar-refractivity contribution in [1.82, 2.24) is 0 Å². The number of nitrogens with zero attached hydrogens (tertiary/aromatic N) is 1. The lowest BCUT2D eigenvalue weighted by Crippen LogP contribution is -2.55. The molecular formula is C22H34N+. The van der Waals surface area contributed by atoms with Crippen LogP contribution in [0.2, 0.25) is 0 Å². The average Bonchev–Trinajstić information content (AvgIpc) is 2.48. The fourth-order valence-corrected chi connectivity index (χ4v) is 4.77. The molecule has 1 fully saturated rings. The number of benzene rings is 1. The van der Waals surface area contributed by atoms with Crippen LogP contribution in [0.1, 0.15) is 90.7 Å². The van der Waals surface area contributed by atoms with Crippen LogP contribution in [0.25, 0.3) is 0 Å². The van der Waals surface area contributed by atoms with Crippen molar-refractivity contribution < 1.29 is 4.58 Å². The van der Waals surface area contributed by atoms with Crippen molar-refractivity contribution in [3.63, 3.8) is 0 Å². The van der Waals surface area contributed by atoms with E-state index in [0.717, 1.165) is 5.92 Å². The van der Waals surface area contributed by atoms with E-state index < -0.39 is 0 Å². The third-order valence-electron chi connectivity index (χ3n) is 6.66. The van der Waals surface area contributed by atoms with E-state index in [0.29, 0.717) is 17.3 Å². The first-order valence-electron chi connectivity index (χ1n) is 9.46. The highest BCUT2D eigenvalue weighted by molar-refractivity contribution is 5.66. The monoisotopic (exact) mass is 312 g/mol. The van der Waals surface area contributed by atoms with Gasteiger partial charge in [-0.25, -0.2) is 0 Å². The Bertz CT molecular complexity index is 613. The molecule has 0 aromatic heterocycles. The number of para-hydroxylation sites is 1. The molecule has 1 saturated carbocycles. The third-order valence-corrected chi connectivity index (χ3v) is 6.66. The summed E-state index contributed by atoms with van der Waals surface area (Å²) in [6.45, 7) is 16.7. The smallest absolute Gasteiger partial charge is 0.197 e. The van der Waals surface area contributed by atoms with Crippen molar-refractivity contribution >= 4 is 11.9 Å². The maximum Gasteiger partial charge on any atom is 0.212 e. The highest BCUT2D eigenvalue weighted by atomic mass is 15.1. The fourth-order valence-electron chi connectivity index (χ4n) is 4.77. The van der Waals surface area contributed by atoms with Crippen molar-refractivity contribution in [2.45, 2.75) is 85.1 Å². The second kappa shape index (κ2) is 5.46. The van der Waals surface area contributed by atoms with Gasteiger partial charge in [0.25, 0.3) is 0 Å². The van der Waals surface area contributed by atoms with E-state index in [1.54, 1.807) is 0 Å². The second-order valence-electron chi connectivity index (χ2n) is 9.20. The van der Waals surface area contributed by atoms with Crippen molar-refractivity contribution in [2.24, 2.45) is 11.3 Å². The predicted molar refractivity (Wildman–Crippen MR) is 100 cm³/mol. The molecule has 0 N–H and O–H groups in total. The van der Waals surface area contributed by atoms with Gasteiger partial charge in [-0.15, -0.1) is 0 Å². The topological polar surface area (TPSA) is 3.01 Å². The van der Waals surface area contributed by atoms with Gasteiger partial charge < -0.3 is 0 Å². The Balaban J connectivity index is 2.26. The standard InChI is InChI=1S/C22H34N/c1-15(2)18-9-8-10-19(16(3)4)20(18)23-14-21(6)11-12-22(23,7)13-17(21)5/h8-10,14-17H,11-13H2,1-7H3/q+1/t17-,21?,22?/m0/s1. The van der Waals surface area contributed by atoms with Gasteiger partial charge >= 0.3 is 0 Å². The van der Waals surface area contributed by atoms with E-state index in [2.05, 4.69) is 77.5 Å². The van der Waals surface area contributed by atoms with E-state index in [4.69, 9.17) is 0 Å². The molecule has 3 atom stereocenters. The summed E-state index contributed by atoms with van der Waals surface area (Å²) in [6, 6.07) is 6.94. The van der Waals surface area contributed by atoms with E-state index in [9.17, 15) is 0 Å². The van der Waals surface area contributed by atoms with Crippen molar-refractivity contribution in [2.75, 3.05) is 0 Å². The minimum absolute atomic E-state index is 0.284. The summed E-state index contributed by atoms with van der Waals surface area (Å²) in [4.78, 5) is 0. The lowest BCUT2D eigenvalue weighted by molar-refractivity contribution is -0.552. The third kappa shape index (κ3) is 2.57. The van der Waals surface area contributed by atoms with Gasteiger partial charge in [-0.1, -0.05) is 59.7 Å². The molecule has 0 amide bonds. The van der Waals surface area contributed by atoms with Gasteiger partial charge in [-0.05, 0) is 24.2 Å². The summed E-state index contributed by atoms with van der Waals surface area (Å²) < 4.78 is 2.70. The van der Waals surface area contributed by atoms with Crippen LogP contribution in [0.5, 0.6) is 0 Å². The predicted octanol–water partition coefficient (Wildman–Crippen LogP) is 6.25. The molecule has 126 valence electrons. The van der Waals surface area contributed by atoms with E-state index in [1.165, 1.54) is 36.1 Å². The molecule has 1 heteroatoms. The molecule has 0 spiro atoms. The van der Waals surface area contributed by atoms with Gasteiger partial charge in [0.1, 0.15) is 0 Å². The van der Waals surface area contributed by atoms with E-state index in [1.807, 2.05) is 0 Å². The Morgan fingerprint density at radius 1 is 1.00 bits per heavy atom. The van der Waals surface area contributed by atoms with Crippen LogP contribution < -0.4 is 0 Å². The summed E-state index contributed by atoms with van der Waals surface area (Å²) in [5, 5.41) is 0. The normalized spacial score (nSPS) is 33.4. The Hall–Kier alpha value is -1.11. The van der Waals surface area contributed by atoms with E-state index in [-0.39, 0.29) is 5.54 Å². The first-order chi connectivity index (χ1) is 10.7. The largest absolute Gasteiger partial charge is 0.212 e. The van der Waals surface area contributed by atoms with Crippen LogP contribution in [0.15, 0.2) is 18.2 Å². The van der Waals surface area contributed by atoms with Gasteiger partial charge in [0.2, 0.25) is 5.69 Å². The number of hydrogen-bond acceptors (Lipinski definition) is 0. The molecule has 2 heterocycles. The first kappa shape index (κ1) is 16.7. The fraction of sp³-hybridized carbons (Fsp3) is 0.682. The Morgan fingerprint density at radius 3 is 2.04 bits per heavy atom. The van der Waals surface area contributed by atoms with Crippen molar-refractivity contribution in [3.8, 4) is 0 Å². The zero-order valence-electron chi connectivity index (χ0n) is 16.1. The Morgan fingerprint density at radius 2 is 1.57 bits per heavy atom. The van der Waals surface area contributed by atoms with Crippen LogP contribution in [0.3, 0.4) is 0 Å². The van der Waals surface area contributed by atoms with Crippen molar-refractivity contribution in [1.29, 1.82) is 0 Å². The highest BCUT2D eigenvalue weighted by Gasteiger charge is 2.55. The van der Waals surface area contributed by atoms with E-state index >= 15 is 0 Å². The summed E-state index contributed by atoms with van der Waals surface area (Å²) in [6.07, 6.45) is 6.55. The molecule has 4 rings (SSSR count). The molecule has 0 saturated heterocycles. The minimum atomic E-state index is 0.284. The molecule has 3 aliphatic rings. The summed E-state index contributed by atoms with van der Waals surface area (Å²) in [5.41, 5.74) is 5.18. The lowest BCUT2D eigenvalue weighted by atomic mass is 9.60. The zero-order chi connectivity index (χ0) is 17.0. The molecule has 1 aliphatic carbocycles. The minimum Gasteiger partial charge on any atom is -0.197 e. The number of fused-ring (bicyclic) bond motifs is 2. The summed E-state index contributed by atoms with van der Waals surface area (Å²) in [7, 11) is 0. The van der Waals surface area contributed by atoms with Crippen molar-refractivity contribution in [3.05, 3.63) is 29.3 Å². The Kier molecular flexibility index (Phi) is 3.98. The van der Waals surface area contributed by atoms with Gasteiger partial charge in [-0.3, -0.25) is 0 Å². The Labute approximate surface area is 142 Å². The highest BCUT2D eigenvalue weighted by Crippen LogP contribution is 2.52. The van der Waals surface area contributed by atoms with Gasteiger partial charge in [0.15, 0.2) is 11.8 Å². The van der Waals surface area contributed by atoms with Gasteiger partial charge in [0, 0.05) is 36.3 Å². The first-order valence-corrected chi connectivity index (χ1v) is 9.46. The second-order valence-corrected chi connectivity index (χ2v) is 9.20. The maximum absolute atomic E-state index is 2.70. The maximum atomic E-state index is 2.70. The molecule has 23 heavy (non-hydrogen) atoms. The molecule has 0 radical (unpaired) electrons. The van der Waals surface area contributed by atoms with Gasteiger partial charge in [0.05, 0.1) is 0 Å². The molecule has 1 aromatic rings. The van der Waals surface area contributed by atoms with Crippen LogP contribution in [0, 0.1) is 11.3 Å². The quantitative estimate of drug-likeness (QED) is 0.581. The molecular weight excluding hydrogens is 278 g/mol. The molecule has 2 bridgehead atoms. The molecule has 2 unspecified atom stereocenters.